The van der Waals surface area contributed by atoms with Gasteiger partial charge in [-0.1, -0.05) is 11.6 Å². The molecule has 0 spiro atoms. The quantitative estimate of drug-likeness (QED) is 0.493. The summed E-state index contributed by atoms with van der Waals surface area (Å²) < 4.78 is 5.68. The summed E-state index contributed by atoms with van der Waals surface area (Å²) in [5.74, 6) is -2.97. The molecule has 0 aliphatic carbocycles. The fourth-order valence-electron chi connectivity index (χ4n) is 3.29. The molecule has 4 heterocycles. The number of rotatable bonds is 5. The molecular weight excluding hydrogens is 500 g/mol. The highest BCUT2D eigenvalue weighted by Gasteiger charge is 2.44. The molecule has 15 heteroatoms. The van der Waals surface area contributed by atoms with Gasteiger partial charge in [0.15, 0.2) is 11.8 Å². The van der Waals surface area contributed by atoms with Gasteiger partial charge in [0.1, 0.15) is 11.5 Å². The minimum Gasteiger partial charge on any atom is -0.481 e. The lowest BCUT2D eigenvalue weighted by atomic mass is 10.3. The second-order valence-corrected chi connectivity index (χ2v) is 8.21. The van der Waals surface area contributed by atoms with E-state index in [0.717, 1.165) is 13.1 Å². The number of carboxylic acids is 2. The third-order valence-corrected chi connectivity index (χ3v) is 5.43. The lowest BCUT2D eigenvalue weighted by Gasteiger charge is -2.33. The van der Waals surface area contributed by atoms with Crippen LogP contribution in [0.4, 0.5) is 10.6 Å². The summed E-state index contributed by atoms with van der Waals surface area (Å²) in [4.78, 5) is 62.4. The molecular formula is C21H23ClN6O8. The third-order valence-electron chi connectivity index (χ3n) is 5.20. The second kappa shape index (κ2) is 11.7. The summed E-state index contributed by atoms with van der Waals surface area (Å²) in [5, 5.41) is 24.6. The number of amides is 2. The zero-order valence-electron chi connectivity index (χ0n) is 19.0. The Morgan fingerprint density at radius 2 is 1.78 bits per heavy atom. The molecule has 36 heavy (non-hydrogen) atoms. The molecule has 4 rings (SSSR count). The number of pyridine rings is 1. The van der Waals surface area contributed by atoms with Crippen LogP contribution in [0, 0.1) is 0 Å². The maximum absolute atomic E-state index is 12.8. The van der Waals surface area contributed by atoms with Gasteiger partial charge in [-0.05, 0) is 19.2 Å². The maximum Gasteiger partial charge on any atom is 0.412 e. The lowest BCUT2D eigenvalue weighted by Crippen LogP contribution is -2.48. The van der Waals surface area contributed by atoms with Crippen molar-refractivity contribution in [2.45, 2.75) is 18.8 Å². The average Bonchev–Trinajstić information content (AvgIpc) is 3.11. The van der Waals surface area contributed by atoms with Gasteiger partial charge in [-0.2, -0.15) is 0 Å². The van der Waals surface area contributed by atoms with E-state index in [9.17, 15) is 19.2 Å². The Balaban J connectivity index is 0.000000345. The van der Waals surface area contributed by atoms with Gasteiger partial charge in [-0.15, -0.1) is 0 Å². The van der Waals surface area contributed by atoms with Crippen LogP contribution in [-0.2, 0) is 14.3 Å². The Morgan fingerprint density at radius 3 is 2.33 bits per heavy atom. The van der Waals surface area contributed by atoms with Crippen molar-refractivity contribution in [3.8, 4) is 0 Å². The Hall–Kier alpha value is -3.88. The van der Waals surface area contributed by atoms with Gasteiger partial charge < -0.3 is 29.9 Å². The lowest BCUT2D eigenvalue weighted by molar-refractivity contribution is -0.152. The summed E-state index contributed by atoms with van der Waals surface area (Å²) in [6.45, 7) is 2.64. The van der Waals surface area contributed by atoms with E-state index in [4.69, 9.17) is 31.7 Å². The molecule has 1 fully saturated rings. The van der Waals surface area contributed by atoms with Gasteiger partial charge in [0.2, 0.25) is 6.23 Å². The molecule has 0 bridgehead atoms. The first kappa shape index (κ1) is 26.7. The van der Waals surface area contributed by atoms with Gasteiger partial charge in [-0.25, -0.2) is 24.5 Å². The summed E-state index contributed by atoms with van der Waals surface area (Å²) in [6, 6.07) is 3.20. The number of nitrogens with zero attached hydrogens (tertiary/aromatic N) is 6. The van der Waals surface area contributed by atoms with Crippen molar-refractivity contribution < 1.29 is 39.2 Å². The normalized spacial score (nSPS) is 18.1. The van der Waals surface area contributed by atoms with Gasteiger partial charge in [0, 0.05) is 44.8 Å². The first-order valence-corrected chi connectivity index (χ1v) is 11.0. The van der Waals surface area contributed by atoms with Gasteiger partial charge in [-0.3, -0.25) is 14.6 Å². The molecule has 0 aromatic carbocycles. The number of carbonyl (C=O) groups excluding carboxylic acids is 2. The summed E-state index contributed by atoms with van der Waals surface area (Å²) in [5.41, 5.74) is 0.437. The zero-order chi connectivity index (χ0) is 26.4. The van der Waals surface area contributed by atoms with E-state index >= 15 is 0 Å². The number of anilines is 1. The number of hydrogen-bond donors (Lipinski definition) is 3. The molecule has 2 aliphatic rings. The minimum atomic E-state index is -1.79. The molecule has 1 unspecified atom stereocenters. The molecule has 1 saturated heterocycles. The number of likely N-dealkylation sites (N-methyl/N-ethyl adjacent to an activating group) is 1. The summed E-state index contributed by atoms with van der Waals surface area (Å²) in [7, 11) is 2.00. The minimum absolute atomic E-state index is 0.144. The van der Waals surface area contributed by atoms with Crippen LogP contribution in [0.2, 0.25) is 5.02 Å². The van der Waals surface area contributed by atoms with Gasteiger partial charge in [0.25, 0.3) is 5.91 Å². The van der Waals surface area contributed by atoms with Crippen LogP contribution in [-0.4, -0.2) is 103 Å². The highest BCUT2D eigenvalue weighted by molar-refractivity contribution is 6.30. The van der Waals surface area contributed by atoms with Crippen LogP contribution in [0.15, 0.2) is 30.7 Å². The third kappa shape index (κ3) is 6.41. The predicted octanol–water partition coefficient (Wildman–Crippen LogP) is 0.475. The smallest absolute Gasteiger partial charge is 0.412 e. The summed E-state index contributed by atoms with van der Waals surface area (Å²) in [6.07, 6.45) is 0.238. The second-order valence-electron chi connectivity index (χ2n) is 7.78. The van der Waals surface area contributed by atoms with Gasteiger partial charge in [0.05, 0.1) is 11.4 Å². The molecule has 2 amide bonds. The zero-order valence-corrected chi connectivity index (χ0v) is 19.8. The molecule has 2 aliphatic heterocycles. The molecule has 2 aromatic rings. The number of aliphatic hydroxyl groups is 1. The first-order valence-electron chi connectivity index (χ1n) is 10.6. The molecule has 3 N–H and O–H groups in total. The van der Waals surface area contributed by atoms with E-state index in [1.54, 1.807) is 17.0 Å². The first-order chi connectivity index (χ1) is 17.1. The van der Waals surface area contributed by atoms with E-state index in [2.05, 4.69) is 19.9 Å². The Bertz CT molecular complexity index is 1130. The monoisotopic (exact) mass is 522 g/mol. The topological polar surface area (TPSA) is 187 Å². The number of carboxylic acid groups (broad SMARTS) is 2. The van der Waals surface area contributed by atoms with Crippen molar-refractivity contribution in [2.24, 2.45) is 0 Å². The number of carbonyl (C=O) groups is 4. The molecule has 2 aromatic heterocycles. The van der Waals surface area contributed by atoms with E-state index in [0.29, 0.717) is 29.6 Å². The largest absolute Gasteiger partial charge is 0.481 e. The van der Waals surface area contributed by atoms with Gasteiger partial charge >= 0.3 is 18.0 Å². The fourth-order valence-corrected chi connectivity index (χ4v) is 3.40. The number of hydrogen-bond acceptors (Lipinski definition) is 10. The maximum atomic E-state index is 12.8. The highest BCUT2D eigenvalue weighted by atomic mass is 35.5. The van der Waals surface area contributed by atoms with Crippen molar-refractivity contribution in [1.29, 1.82) is 0 Å². The van der Waals surface area contributed by atoms with Crippen molar-refractivity contribution in [3.05, 3.63) is 47.1 Å². The Kier molecular flexibility index (Phi) is 8.68. The standard InChI is InChI=1S/C17H17ClN6O3.C4H6O5/c1-22-6-8-23(9-7-22)17(26)27-16-14-13(19-4-5-20-14)15(25)24(16)12-3-2-11(18)10-21-12;5-2(4(8)9)1-3(6)7/h2-5,10,16H,6-9H2,1H3;2,5H,1H2,(H,6,7)(H,8,9)/t;2-/m.1/s1. The van der Waals surface area contributed by atoms with Crippen LogP contribution in [0.3, 0.4) is 0 Å². The van der Waals surface area contributed by atoms with Crippen molar-refractivity contribution in [1.82, 2.24) is 24.8 Å². The van der Waals surface area contributed by atoms with E-state index in [1.165, 1.54) is 23.5 Å². The SMILES string of the molecule is CN1CCN(C(=O)OC2c3nccnc3C(=O)N2c2ccc(Cl)cn2)CC1.O=C(O)C[C@@H](O)C(=O)O. The fraction of sp³-hybridized carbons (Fsp3) is 0.381. The number of fused-ring (bicyclic) bond motifs is 1. The van der Waals surface area contributed by atoms with Crippen molar-refractivity contribution in [3.63, 3.8) is 0 Å². The number of aliphatic hydroxyl groups excluding tert-OH is 1. The van der Waals surface area contributed by atoms with Crippen LogP contribution < -0.4 is 4.90 Å². The number of aliphatic carboxylic acids is 2. The van der Waals surface area contributed by atoms with Crippen LogP contribution in [0.1, 0.15) is 28.8 Å². The molecule has 0 radical (unpaired) electrons. The highest BCUT2D eigenvalue weighted by Crippen LogP contribution is 2.35. The van der Waals surface area contributed by atoms with Crippen LogP contribution in [0.25, 0.3) is 0 Å². The Labute approximate surface area is 209 Å². The van der Waals surface area contributed by atoms with Crippen molar-refractivity contribution in [2.75, 3.05) is 38.1 Å². The number of ether oxygens (including phenoxy) is 1. The van der Waals surface area contributed by atoms with Crippen LogP contribution in [0.5, 0.6) is 0 Å². The molecule has 192 valence electrons. The molecule has 0 saturated carbocycles. The van der Waals surface area contributed by atoms with Crippen molar-refractivity contribution >= 4 is 41.4 Å². The van der Waals surface area contributed by atoms with Crippen LogP contribution >= 0.6 is 11.6 Å². The van der Waals surface area contributed by atoms with E-state index in [-0.39, 0.29) is 5.69 Å². The molecule has 2 atom stereocenters. The number of aromatic nitrogens is 3. The molecule has 14 nitrogen and oxygen atoms in total. The van der Waals surface area contributed by atoms with E-state index in [1.807, 2.05) is 7.05 Å². The predicted molar refractivity (Wildman–Crippen MR) is 122 cm³/mol. The average molecular weight is 523 g/mol. The number of piperazine rings is 1. The summed E-state index contributed by atoms with van der Waals surface area (Å²) >= 11 is 5.89. The van der Waals surface area contributed by atoms with E-state index < -0.39 is 42.7 Å². The number of halogens is 1. The Morgan fingerprint density at radius 1 is 1.11 bits per heavy atom.